The fourth-order valence-corrected chi connectivity index (χ4v) is 3.45. The van der Waals surface area contributed by atoms with Gasteiger partial charge in [0.05, 0.1) is 6.61 Å². The standard InChI is InChI=1S/C15H30N4O2/c1-17(2)15(21)18-8-5-14(6-9-18)19(10-11-20)12-13-4-3-7-16-13/h13-14,16,20H,3-12H2,1-2H3. The molecule has 6 heteroatoms. The number of nitrogens with zero attached hydrogens (tertiary/aromatic N) is 3. The van der Waals surface area contributed by atoms with Gasteiger partial charge in [-0.15, -0.1) is 0 Å². The number of piperidine rings is 1. The SMILES string of the molecule is CN(C)C(=O)N1CCC(N(CCO)CC2CCCN2)CC1. The van der Waals surface area contributed by atoms with Crippen LogP contribution < -0.4 is 5.32 Å². The molecule has 0 radical (unpaired) electrons. The van der Waals surface area contributed by atoms with E-state index in [1.54, 1.807) is 19.0 Å². The van der Waals surface area contributed by atoms with Gasteiger partial charge in [0.25, 0.3) is 0 Å². The highest BCUT2D eigenvalue weighted by Gasteiger charge is 2.29. The summed E-state index contributed by atoms with van der Waals surface area (Å²) < 4.78 is 0. The van der Waals surface area contributed by atoms with Crippen molar-refractivity contribution in [2.45, 2.75) is 37.8 Å². The number of hydrogen-bond acceptors (Lipinski definition) is 4. The van der Waals surface area contributed by atoms with Gasteiger partial charge in [0.2, 0.25) is 0 Å². The van der Waals surface area contributed by atoms with Crippen LogP contribution in [0, 0.1) is 0 Å². The van der Waals surface area contributed by atoms with Crippen molar-refractivity contribution in [3.05, 3.63) is 0 Å². The molecule has 6 nitrogen and oxygen atoms in total. The molecule has 0 spiro atoms. The lowest BCUT2D eigenvalue weighted by atomic mass is 10.0. The molecule has 2 fully saturated rings. The van der Waals surface area contributed by atoms with Gasteiger partial charge in [0.15, 0.2) is 0 Å². The van der Waals surface area contributed by atoms with Crippen molar-refractivity contribution < 1.29 is 9.90 Å². The minimum Gasteiger partial charge on any atom is -0.395 e. The Morgan fingerprint density at radius 3 is 2.52 bits per heavy atom. The van der Waals surface area contributed by atoms with Gasteiger partial charge in [0.1, 0.15) is 0 Å². The fourth-order valence-electron chi connectivity index (χ4n) is 3.45. The summed E-state index contributed by atoms with van der Waals surface area (Å²) >= 11 is 0. The lowest BCUT2D eigenvalue weighted by molar-refractivity contribution is 0.0868. The summed E-state index contributed by atoms with van der Waals surface area (Å²) in [5.74, 6) is 0. The highest BCUT2D eigenvalue weighted by atomic mass is 16.3. The number of urea groups is 1. The third-order valence-electron chi connectivity index (χ3n) is 4.64. The van der Waals surface area contributed by atoms with Crippen molar-refractivity contribution in [3.63, 3.8) is 0 Å². The molecule has 2 aliphatic rings. The normalized spacial score (nSPS) is 23.8. The average Bonchev–Trinajstić information content (AvgIpc) is 2.99. The number of likely N-dealkylation sites (tertiary alicyclic amines) is 1. The minimum atomic E-state index is 0.111. The summed E-state index contributed by atoms with van der Waals surface area (Å²) in [6.07, 6.45) is 4.51. The second-order valence-corrected chi connectivity index (χ2v) is 6.41. The molecule has 2 rings (SSSR count). The predicted molar refractivity (Wildman–Crippen MR) is 83.4 cm³/mol. The lowest BCUT2D eigenvalue weighted by Gasteiger charge is -2.40. The summed E-state index contributed by atoms with van der Waals surface area (Å²) in [5.41, 5.74) is 0. The Morgan fingerprint density at radius 1 is 1.29 bits per heavy atom. The van der Waals surface area contributed by atoms with Crippen molar-refractivity contribution in [1.29, 1.82) is 0 Å². The maximum absolute atomic E-state index is 12.0. The maximum atomic E-state index is 12.0. The molecule has 2 saturated heterocycles. The maximum Gasteiger partial charge on any atom is 0.319 e. The van der Waals surface area contributed by atoms with Crippen LogP contribution in [0.15, 0.2) is 0 Å². The van der Waals surface area contributed by atoms with Crippen molar-refractivity contribution in [2.75, 3.05) is 53.4 Å². The summed E-state index contributed by atoms with van der Waals surface area (Å²) in [6.45, 7) is 4.73. The number of aliphatic hydroxyl groups excluding tert-OH is 1. The van der Waals surface area contributed by atoms with Gasteiger partial charge in [-0.2, -0.15) is 0 Å². The van der Waals surface area contributed by atoms with Gasteiger partial charge in [-0.3, -0.25) is 4.90 Å². The largest absolute Gasteiger partial charge is 0.395 e. The first kappa shape index (κ1) is 16.5. The van der Waals surface area contributed by atoms with E-state index in [2.05, 4.69) is 10.2 Å². The second-order valence-electron chi connectivity index (χ2n) is 6.41. The minimum absolute atomic E-state index is 0.111. The molecule has 0 aromatic carbocycles. The van der Waals surface area contributed by atoms with Gasteiger partial charge in [-0.05, 0) is 32.2 Å². The third kappa shape index (κ3) is 4.56. The number of carbonyl (C=O) groups is 1. The number of rotatable bonds is 5. The summed E-state index contributed by atoms with van der Waals surface area (Å²) in [5, 5.41) is 12.9. The van der Waals surface area contributed by atoms with E-state index in [4.69, 9.17) is 0 Å². The zero-order valence-corrected chi connectivity index (χ0v) is 13.4. The van der Waals surface area contributed by atoms with Crippen LogP contribution in [0.25, 0.3) is 0 Å². The van der Waals surface area contributed by atoms with Crippen molar-refractivity contribution in [2.24, 2.45) is 0 Å². The average molecular weight is 298 g/mol. The molecule has 0 aromatic heterocycles. The molecule has 1 atom stereocenters. The Bertz CT molecular complexity index is 324. The van der Waals surface area contributed by atoms with Crippen LogP contribution in [0.3, 0.4) is 0 Å². The van der Waals surface area contributed by atoms with Crippen LogP contribution in [-0.4, -0.2) is 91.3 Å². The van der Waals surface area contributed by atoms with E-state index < -0.39 is 0 Å². The molecule has 0 aliphatic carbocycles. The van der Waals surface area contributed by atoms with E-state index in [0.717, 1.165) is 45.6 Å². The van der Waals surface area contributed by atoms with Crippen LogP contribution in [0.5, 0.6) is 0 Å². The quantitative estimate of drug-likeness (QED) is 0.760. The molecule has 1 unspecified atom stereocenters. The first-order valence-corrected chi connectivity index (χ1v) is 8.16. The second kappa shape index (κ2) is 7.96. The topological polar surface area (TPSA) is 59.1 Å². The molecular weight excluding hydrogens is 268 g/mol. The van der Waals surface area contributed by atoms with E-state index in [-0.39, 0.29) is 12.6 Å². The number of carbonyl (C=O) groups excluding carboxylic acids is 1. The highest BCUT2D eigenvalue weighted by Crippen LogP contribution is 2.19. The third-order valence-corrected chi connectivity index (χ3v) is 4.64. The molecule has 2 N–H and O–H groups in total. The van der Waals surface area contributed by atoms with Crippen LogP contribution in [0.1, 0.15) is 25.7 Å². The molecule has 2 aliphatic heterocycles. The summed E-state index contributed by atoms with van der Waals surface area (Å²) in [6, 6.07) is 1.17. The predicted octanol–water partition coefficient (Wildman–Crippen LogP) is 0.179. The highest BCUT2D eigenvalue weighted by molar-refractivity contribution is 5.73. The van der Waals surface area contributed by atoms with Crippen LogP contribution >= 0.6 is 0 Å². The molecule has 0 bridgehead atoms. The zero-order valence-electron chi connectivity index (χ0n) is 13.4. The summed E-state index contributed by atoms with van der Waals surface area (Å²) in [7, 11) is 3.61. The Balaban J connectivity index is 1.83. The van der Waals surface area contributed by atoms with Gasteiger partial charge < -0.3 is 20.2 Å². The van der Waals surface area contributed by atoms with E-state index in [1.165, 1.54) is 12.8 Å². The van der Waals surface area contributed by atoms with Crippen LogP contribution in [0.2, 0.25) is 0 Å². The Morgan fingerprint density at radius 2 is 2.00 bits per heavy atom. The van der Waals surface area contributed by atoms with Gasteiger partial charge in [-0.25, -0.2) is 4.79 Å². The first-order chi connectivity index (χ1) is 10.1. The number of nitrogens with one attached hydrogen (secondary N) is 1. The van der Waals surface area contributed by atoms with Gasteiger partial charge in [0, 0.05) is 52.4 Å². The fraction of sp³-hybridized carbons (Fsp3) is 0.933. The van der Waals surface area contributed by atoms with Gasteiger partial charge >= 0.3 is 6.03 Å². The van der Waals surface area contributed by atoms with Crippen molar-refractivity contribution >= 4 is 6.03 Å². The van der Waals surface area contributed by atoms with Crippen LogP contribution in [-0.2, 0) is 0 Å². The first-order valence-electron chi connectivity index (χ1n) is 8.16. The molecule has 2 heterocycles. The number of amides is 2. The number of hydrogen-bond donors (Lipinski definition) is 2. The zero-order chi connectivity index (χ0) is 15.2. The lowest BCUT2D eigenvalue weighted by Crippen LogP contribution is -2.51. The molecule has 2 amide bonds. The Kier molecular flexibility index (Phi) is 6.26. The monoisotopic (exact) mass is 298 g/mol. The molecule has 21 heavy (non-hydrogen) atoms. The van der Waals surface area contributed by atoms with E-state index in [0.29, 0.717) is 12.1 Å². The van der Waals surface area contributed by atoms with E-state index in [1.807, 2.05) is 4.90 Å². The van der Waals surface area contributed by atoms with Crippen molar-refractivity contribution in [1.82, 2.24) is 20.0 Å². The van der Waals surface area contributed by atoms with Crippen LogP contribution in [0.4, 0.5) is 4.79 Å². The Labute approximate surface area is 128 Å². The Hall–Kier alpha value is -0.850. The molecule has 122 valence electrons. The molecule has 0 saturated carbocycles. The summed E-state index contributed by atoms with van der Waals surface area (Å²) in [4.78, 5) is 18.0. The van der Waals surface area contributed by atoms with Crippen molar-refractivity contribution in [3.8, 4) is 0 Å². The van der Waals surface area contributed by atoms with Gasteiger partial charge in [-0.1, -0.05) is 0 Å². The van der Waals surface area contributed by atoms with E-state index >= 15 is 0 Å². The molecule has 0 aromatic rings. The molecular formula is C15H30N4O2. The smallest absolute Gasteiger partial charge is 0.319 e. The number of aliphatic hydroxyl groups is 1. The van der Waals surface area contributed by atoms with E-state index in [9.17, 15) is 9.90 Å².